The van der Waals surface area contributed by atoms with E-state index in [1.54, 1.807) is 0 Å². The van der Waals surface area contributed by atoms with E-state index in [0.29, 0.717) is 11.4 Å². The van der Waals surface area contributed by atoms with Crippen molar-refractivity contribution in [3.63, 3.8) is 0 Å². The third kappa shape index (κ3) is 3.07. The van der Waals surface area contributed by atoms with Crippen LogP contribution in [-0.2, 0) is 0 Å². The second kappa shape index (κ2) is 5.90. The standard InChI is InChI=1S/C14H15ClN4O/c1-8-4-3-5-9(2)13(8)18-14(20)10-6-11(15)17-12(7-10)19-16/h3-7H,16H2,1-2H3,(H,17,19)(H,18,20). The van der Waals surface area contributed by atoms with Crippen molar-refractivity contribution in [2.45, 2.75) is 13.8 Å². The van der Waals surface area contributed by atoms with Gasteiger partial charge in [-0.3, -0.25) is 4.79 Å². The highest BCUT2D eigenvalue weighted by Gasteiger charge is 2.11. The third-order valence-corrected chi connectivity index (χ3v) is 3.12. The van der Waals surface area contributed by atoms with Gasteiger partial charge in [-0.15, -0.1) is 0 Å². The summed E-state index contributed by atoms with van der Waals surface area (Å²) in [4.78, 5) is 16.2. The molecule has 0 atom stereocenters. The number of nitrogens with zero attached hydrogens (tertiary/aromatic N) is 1. The highest BCUT2D eigenvalue weighted by molar-refractivity contribution is 6.30. The van der Waals surface area contributed by atoms with Crippen molar-refractivity contribution in [1.82, 2.24) is 4.98 Å². The van der Waals surface area contributed by atoms with E-state index in [-0.39, 0.29) is 11.1 Å². The van der Waals surface area contributed by atoms with Crippen LogP contribution in [-0.4, -0.2) is 10.9 Å². The van der Waals surface area contributed by atoms with Crippen LogP contribution < -0.4 is 16.6 Å². The number of carbonyl (C=O) groups is 1. The SMILES string of the molecule is Cc1cccc(C)c1NC(=O)c1cc(Cl)nc(NN)c1. The van der Waals surface area contributed by atoms with Crippen LogP contribution in [0.25, 0.3) is 0 Å². The summed E-state index contributed by atoms with van der Waals surface area (Å²) in [5, 5.41) is 3.08. The van der Waals surface area contributed by atoms with Crippen molar-refractivity contribution >= 4 is 29.0 Å². The van der Waals surface area contributed by atoms with Gasteiger partial charge < -0.3 is 10.7 Å². The number of benzene rings is 1. The van der Waals surface area contributed by atoms with Crippen LogP contribution in [0, 0.1) is 13.8 Å². The molecular weight excluding hydrogens is 276 g/mol. The number of hydrogen-bond acceptors (Lipinski definition) is 4. The molecule has 0 unspecified atom stereocenters. The molecule has 0 radical (unpaired) electrons. The first kappa shape index (κ1) is 14.3. The Bertz CT molecular complexity index is 637. The molecule has 1 heterocycles. The molecule has 104 valence electrons. The van der Waals surface area contributed by atoms with E-state index >= 15 is 0 Å². The number of rotatable bonds is 3. The zero-order valence-electron chi connectivity index (χ0n) is 11.2. The molecule has 0 bridgehead atoms. The Morgan fingerprint density at radius 3 is 2.50 bits per heavy atom. The first-order valence-electron chi connectivity index (χ1n) is 6.03. The number of para-hydroxylation sites is 1. The van der Waals surface area contributed by atoms with Crippen molar-refractivity contribution in [1.29, 1.82) is 0 Å². The predicted molar refractivity (Wildman–Crippen MR) is 80.9 cm³/mol. The molecule has 0 fully saturated rings. The Hall–Kier alpha value is -2.11. The molecule has 5 nitrogen and oxygen atoms in total. The van der Waals surface area contributed by atoms with Gasteiger partial charge in [-0.1, -0.05) is 29.8 Å². The maximum absolute atomic E-state index is 12.3. The summed E-state index contributed by atoms with van der Waals surface area (Å²) in [6.07, 6.45) is 0. The number of anilines is 2. The number of aromatic nitrogens is 1. The molecule has 0 saturated carbocycles. The molecule has 20 heavy (non-hydrogen) atoms. The zero-order chi connectivity index (χ0) is 14.7. The van der Waals surface area contributed by atoms with Gasteiger partial charge in [-0.05, 0) is 37.1 Å². The number of hydrazine groups is 1. The topological polar surface area (TPSA) is 80.0 Å². The van der Waals surface area contributed by atoms with E-state index in [2.05, 4.69) is 15.7 Å². The average Bonchev–Trinajstić information content (AvgIpc) is 2.42. The molecule has 1 aromatic heterocycles. The summed E-state index contributed by atoms with van der Waals surface area (Å²) in [7, 11) is 0. The molecule has 6 heteroatoms. The fraction of sp³-hybridized carbons (Fsp3) is 0.143. The highest BCUT2D eigenvalue weighted by atomic mass is 35.5. The molecule has 0 spiro atoms. The monoisotopic (exact) mass is 290 g/mol. The number of amides is 1. The number of pyridine rings is 1. The van der Waals surface area contributed by atoms with Crippen LogP contribution in [0.3, 0.4) is 0 Å². The van der Waals surface area contributed by atoms with E-state index < -0.39 is 0 Å². The number of nitrogen functional groups attached to an aromatic ring is 1. The number of nitrogens with one attached hydrogen (secondary N) is 2. The lowest BCUT2D eigenvalue weighted by Crippen LogP contribution is -2.15. The van der Waals surface area contributed by atoms with Crippen molar-refractivity contribution in [2.24, 2.45) is 5.84 Å². The van der Waals surface area contributed by atoms with Gasteiger partial charge in [0.25, 0.3) is 5.91 Å². The van der Waals surface area contributed by atoms with E-state index in [0.717, 1.165) is 16.8 Å². The average molecular weight is 291 g/mol. The van der Waals surface area contributed by atoms with Crippen molar-refractivity contribution in [3.05, 3.63) is 52.2 Å². The number of hydrogen-bond donors (Lipinski definition) is 3. The van der Waals surface area contributed by atoms with Crippen LogP contribution in [0.1, 0.15) is 21.5 Å². The Morgan fingerprint density at radius 1 is 1.25 bits per heavy atom. The van der Waals surface area contributed by atoms with Crippen LogP contribution in [0.15, 0.2) is 30.3 Å². The van der Waals surface area contributed by atoms with E-state index in [4.69, 9.17) is 17.4 Å². The maximum atomic E-state index is 12.3. The Kier molecular flexibility index (Phi) is 4.22. The summed E-state index contributed by atoms with van der Waals surface area (Å²) >= 11 is 5.85. The van der Waals surface area contributed by atoms with Gasteiger partial charge in [-0.25, -0.2) is 10.8 Å². The molecule has 0 aliphatic rings. The Labute approximate surface area is 122 Å². The maximum Gasteiger partial charge on any atom is 0.255 e. The minimum atomic E-state index is -0.261. The lowest BCUT2D eigenvalue weighted by molar-refractivity contribution is 0.102. The summed E-state index contributed by atoms with van der Waals surface area (Å²) < 4.78 is 0. The zero-order valence-corrected chi connectivity index (χ0v) is 12.0. The van der Waals surface area contributed by atoms with Crippen LogP contribution in [0.5, 0.6) is 0 Å². The molecule has 4 N–H and O–H groups in total. The van der Waals surface area contributed by atoms with Crippen molar-refractivity contribution in [3.8, 4) is 0 Å². The van der Waals surface area contributed by atoms with E-state index in [9.17, 15) is 4.79 Å². The van der Waals surface area contributed by atoms with Gasteiger partial charge in [-0.2, -0.15) is 0 Å². The van der Waals surface area contributed by atoms with Crippen LogP contribution in [0.4, 0.5) is 11.5 Å². The third-order valence-electron chi connectivity index (χ3n) is 2.92. The molecule has 1 amide bonds. The van der Waals surface area contributed by atoms with E-state index in [1.165, 1.54) is 12.1 Å². The first-order chi connectivity index (χ1) is 9.51. The fourth-order valence-electron chi connectivity index (χ4n) is 1.90. The second-order valence-corrected chi connectivity index (χ2v) is 4.82. The highest BCUT2D eigenvalue weighted by Crippen LogP contribution is 2.21. The molecule has 0 aliphatic carbocycles. The molecule has 1 aromatic carbocycles. The van der Waals surface area contributed by atoms with Crippen molar-refractivity contribution < 1.29 is 4.79 Å². The van der Waals surface area contributed by atoms with Gasteiger partial charge in [0.1, 0.15) is 11.0 Å². The molecule has 0 aliphatic heterocycles. The number of aryl methyl sites for hydroxylation is 2. The molecule has 0 saturated heterocycles. The van der Waals surface area contributed by atoms with Gasteiger partial charge in [0.05, 0.1) is 0 Å². The van der Waals surface area contributed by atoms with Gasteiger partial charge in [0, 0.05) is 11.3 Å². The fourth-order valence-corrected chi connectivity index (χ4v) is 2.11. The first-order valence-corrected chi connectivity index (χ1v) is 6.41. The van der Waals surface area contributed by atoms with E-state index in [1.807, 2.05) is 32.0 Å². The number of nitrogens with two attached hydrogens (primary N) is 1. The van der Waals surface area contributed by atoms with Gasteiger partial charge >= 0.3 is 0 Å². The Morgan fingerprint density at radius 2 is 1.90 bits per heavy atom. The minimum Gasteiger partial charge on any atom is -0.321 e. The van der Waals surface area contributed by atoms with Gasteiger partial charge in [0.2, 0.25) is 0 Å². The number of halogens is 1. The summed E-state index contributed by atoms with van der Waals surface area (Å²) in [5.74, 6) is 5.36. The Balaban J connectivity index is 2.31. The summed E-state index contributed by atoms with van der Waals surface area (Å²) in [6, 6.07) is 8.85. The van der Waals surface area contributed by atoms with Crippen LogP contribution >= 0.6 is 11.6 Å². The minimum absolute atomic E-state index is 0.201. The second-order valence-electron chi connectivity index (χ2n) is 4.43. The lowest BCUT2D eigenvalue weighted by atomic mass is 10.1. The molecule has 2 aromatic rings. The van der Waals surface area contributed by atoms with Crippen LogP contribution in [0.2, 0.25) is 5.15 Å². The molecular formula is C14H15ClN4O. The quantitative estimate of drug-likeness (QED) is 0.461. The summed E-state index contributed by atoms with van der Waals surface area (Å²) in [5.41, 5.74) is 5.55. The lowest BCUT2D eigenvalue weighted by Gasteiger charge is -2.12. The number of carbonyl (C=O) groups excluding carboxylic acids is 1. The molecule has 2 rings (SSSR count). The normalized spacial score (nSPS) is 10.2. The largest absolute Gasteiger partial charge is 0.321 e. The van der Waals surface area contributed by atoms with Crippen molar-refractivity contribution in [2.75, 3.05) is 10.7 Å². The predicted octanol–water partition coefficient (Wildman–Crippen LogP) is 2.89. The summed E-state index contributed by atoms with van der Waals surface area (Å²) in [6.45, 7) is 3.88. The van der Waals surface area contributed by atoms with Gasteiger partial charge in [0.15, 0.2) is 0 Å². The smallest absolute Gasteiger partial charge is 0.255 e.